The van der Waals surface area contributed by atoms with Gasteiger partial charge in [0, 0.05) is 0 Å². The first kappa shape index (κ1) is 18.3. The lowest BCUT2D eigenvalue weighted by molar-refractivity contribution is -0.109. The van der Waals surface area contributed by atoms with Crippen LogP contribution in [0.4, 0.5) is 4.79 Å². The number of hydrogen-bond acceptors (Lipinski definition) is 6. The highest BCUT2D eigenvalue weighted by Gasteiger charge is 2.01. The molecule has 1 amide bonds. The van der Waals surface area contributed by atoms with E-state index in [1.54, 1.807) is 4.72 Å². The van der Waals surface area contributed by atoms with Crippen molar-refractivity contribution < 1.29 is 26.4 Å². The minimum absolute atomic E-state index is 0.238. The smallest absolute Gasteiger partial charge is 0.294 e. The van der Waals surface area contributed by atoms with Crippen LogP contribution in [-0.2, 0) is 35.5 Å². The molecule has 0 aliphatic carbocycles. The van der Waals surface area contributed by atoms with E-state index in [-0.39, 0.29) is 5.75 Å². The summed E-state index contributed by atoms with van der Waals surface area (Å²) in [6.07, 6.45) is 0. The van der Waals surface area contributed by atoms with Crippen molar-refractivity contribution in [3.05, 3.63) is 0 Å². The Balaban J connectivity index is 0. The highest BCUT2D eigenvalue weighted by atomic mass is 35.5. The van der Waals surface area contributed by atoms with Gasteiger partial charge in [-0.1, -0.05) is 0 Å². The van der Waals surface area contributed by atoms with Gasteiger partial charge in [0.25, 0.3) is 11.3 Å². The maximum Gasteiger partial charge on any atom is 0.327 e. The largest absolute Gasteiger partial charge is 0.327 e. The summed E-state index contributed by atoms with van der Waals surface area (Å²) in [4.78, 5) is 19.7. The molecule has 2 unspecified atom stereocenters. The summed E-state index contributed by atoms with van der Waals surface area (Å²) < 4.78 is 30.4. The molecular formula is C5H9Cl2NO6S2. The van der Waals surface area contributed by atoms with Crippen molar-refractivity contribution in [2.24, 2.45) is 0 Å². The van der Waals surface area contributed by atoms with Gasteiger partial charge in [-0.25, -0.2) is 13.1 Å². The fourth-order valence-electron chi connectivity index (χ4n) is 0.259. The van der Waals surface area contributed by atoms with Crippen LogP contribution >= 0.6 is 23.2 Å². The van der Waals surface area contributed by atoms with Crippen LogP contribution in [-0.4, -0.2) is 39.0 Å². The molecule has 0 aromatic carbocycles. The molecule has 1 N–H and O–H groups in total. The molecule has 0 aliphatic rings. The lowest BCUT2D eigenvalue weighted by Gasteiger charge is -1.92. The third kappa shape index (κ3) is 16.4. The Morgan fingerprint density at radius 1 is 1.19 bits per heavy atom. The maximum atomic E-state index is 10.2. The number of nitrogens with one attached hydrogen (secondary N) is 1. The highest BCUT2D eigenvalue weighted by molar-refractivity contribution is 7.81. The molecule has 0 radical (unpaired) electrons. The minimum atomic E-state index is -1.79. The fraction of sp³-hybridized carbons (Fsp3) is 0.600. The zero-order valence-electron chi connectivity index (χ0n) is 8.23. The first-order chi connectivity index (χ1) is 7.33. The third-order valence-electron chi connectivity index (χ3n) is 0.732. The van der Waals surface area contributed by atoms with Crippen LogP contribution in [0.25, 0.3) is 0 Å². The molecule has 0 aromatic rings. The zero-order chi connectivity index (χ0) is 13.1. The van der Waals surface area contributed by atoms with E-state index in [1.165, 1.54) is 14.2 Å². The van der Waals surface area contributed by atoms with Gasteiger partial charge in [-0.05, 0) is 23.2 Å². The van der Waals surface area contributed by atoms with Crippen LogP contribution in [0.5, 0.6) is 0 Å². The van der Waals surface area contributed by atoms with Crippen molar-refractivity contribution in [1.29, 1.82) is 0 Å². The van der Waals surface area contributed by atoms with Crippen LogP contribution < -0.4 is 4.72 Å². The van der Waals surface area contributed by atoms with Crippen molar-refractivity contribution in [1.82, 2.24) is 4.72 Å². The van der Waals surface area contributed by atoms with E-state index >= 15 is 0 Å². The molecule has 96 valence electrons. The molecule has 0 bridgehead atoms. The van der Waals surface area contributed by atoms with E-state index in [1.807, 2.05) is 0 Å². The molecule has 0 aromatic heterocycles. The SMILES string of the molecule is COS(=O)CC(=O)Cl.COS(=O)NC(=O)Cl. The zero-order valence-corrected chi connectivity index (χ0v) is 11.4. The second-order valence-corrected chi connectivity index (χ2v) is 4.75. The predicted molar refractivity (Wildman–Crippen MR) is 60.4 cm³/mol. The second kappa shape index (κ2) is 11.4. The topological polar surface area (TPSA) is 98.8 Å². The van der Waals surface area contributed by atoms with E-state index in [2.05, 4.69) is 8.37 Å². The van der Waals surface area contributed by atoms with E-state index in [0.717, 1.165) is 0 Å². The molecule has 2 atom stereocenters. The Labute approximate surface area is 107 Å². The van der Waals surface area contributed by atoms with E-state index in [4.69, 9.17) is 23.2 Å². The van der Waals surface area contributed by atoms with Gasteiger partial charge in [-0.2, -0.15) is 0 Å². The van der Waals surface area contributed by atoms with Gasteiger partial charge < -0.3 is 0 Å². The van der Waals surface area contributed by atoms with Gasteiger partial charge in [0.1, 0.15) is 5.75 Å². The Morgan fingerprint density at radius 2 is 1.69 bits per heavy atom. The second-order valence-electron chi connectivity index (χ2n) is 1.75. The predicted octanol–water partition coefficient (Wildman–Crippen LogP) is 0.222. The molecule has 0 heterocycles. The van der Waals surface area contributed by atoms with Crippen LogP contribution in [0.1, 0.15) is 0 Å². The monoisotopic (exact) mass is 313 g/mol. The Kier molecular flexibility index (Phi) is 13.1. The molecular weight excluding hydrogens is 305 g/mol. The number of carbonyl (C=O) groups is 2. The molecule has 0 saturated heterocycles. The number of hydrogen-bond donors (Lipinski definition) is 1. The lowest BCUT2D eigenvalue weighted by atomic mass is 10.9. The van der Waals surface area contributed by atoms with Crippen molar-refractivity contribution >= 4 is 56.2 Å². The van der Waals surface area contributed by atoms with Crippen molar-refractivity contribution in [3.63, 3.8) is 0 Å². The number of rotatable bonds is 5. The number of halogens is 2. The van der Waals surface area contributed by atoms with Crippen molar-refractivity contribution in [3.8, 4) is 0 Å². The Morgan fingerprint density at radius 3 is 1.81 bits per heavy atom. The molecule has 11 heteroatoms. The van der Waals surface area contributed by atoms with Gasteiger partial charge in [0.15, 0.2) is 11.1 Å². The van der Waals surface area contributed by atoms with Crippen LogP contribution in [0.15, 0.2) is 0 Å². The molecule has 16 heavy (non-hydrogen) atoms. The van der Waals surface area contributed by atoms with E-state index in [9.17, 15) is 18.0 Å². The molecule has 0 fully saturated rings. The minimum Gasteiger partial charge on any atom is -0.294 e. The Hall–Kier alpha value is -0.0600. The summed E-state index contributed by atoms with van der Waals surface area (Å²) >= 11 is 6.24. The van der Waals surface area contributed by atoms with Gasteiger partial charge in [0.2, 0.25) is 5.24 Å². The van der Waals surface area contributed by atoms with E-state index in [0.29, 0.717) is 0 Å². The van der Waals surface area contributed by atoms with E-state index < -0.39 is 33.0 Å². The summed E-state index contributed by atoms with van der Waals surface area (Å²) in [6.45, 7) is 0. The van der Waals surface area contributed by atoms with Gasteiger partial charge in [-0.3, -0.25) is 18.0 Å². The average Bonchev–Trinajstić information content (AvgIpc) is 2.16. The normalized spacial score (nSPS) is 13.0. The summed E-state index contributed by atoms with van der Waals surface area (Å²) in [7, 11) is 2.43. The molecule has 0 aliphatic heterocycles. The van der Waals surface area contributed by atoms with Gasteiger partial charge in [0.05, 0.1) is 14.2 Å². The molecule has 7 nitrogen and oxygen atoms in total. The van der Waals surface area contributed by atoms with Crippen molar-refractivity contribution in [2.75, 3.05) is 20.0 Å². The third-order valence-corrected chi connectivity index (χ3v) is 2.76. The van der Waals surface area contributed by atoms with Gasteiger partial charge in [-0.15, -0.1) is 0 Å². The summed E-state index contributed by atoms with van der Waals surface area (Å²) in [6, 6.07) is 0. The highest BCUT2D eigenvalue weighted by Crippen LogP contribution is 1.86. The Bertz CT molecular complexity index is 258. The quantitative estimate of drug-likeness (QED) is 0.576. The van der Waals surface area contributed by atoms with Crippen LogP contribution in [0, 0.1) is 0 Å². The van der Waals surface area contributed by atoms with Gasteiger partial charge >= 0.3 is 5.37 Å². The molecule has 0 spiro atoms. The molecule has 0 rings (SSSR count). The maximum absolute atomic E-state index is 10.2. The molecule has 0 saturated carbocycles. The standard InChI is InChI=1S/C3H5ClO3S.C2H4ClNO3S/c1-7-8(6)2-3(4)5;1-7-8(6)4-2(3)5/h2H2,1H3;1H3,(H,4,5). The average molecular weight is 314 g/mol. The fourth-order valence-corrected chi connectivity index (χ4v) is 1.23. The summed E-state index contributed by atoms with van der Waals surface area (Å²) in [5.74, 6) is -0.238. The number of carbonyl (C=O) groups excluding carboxylic acids is 2. The van der Waals surface area contributed by atoms with Crippen LogP contribution in [0.3, 0.4) is 0 Å². The first-order valence-corrected chi connectivity index (χ1v) is 6.44. The van der Waals surface area contributed by atoms with Crippen molar-refractivity contribution in [2.45, 2.75) is 0 Å². The lowest BCUT2D eigenvalue weighted by Crippen LogP contribution is -2.19. The first-order valence-electron chi connectivity index (χ1n) is 3.37. The summed E-state index contributed by atoms with van der Waals surface area (Å²) in [5.41, 5.74) is 0. The van der Waals surface area contributed by atoms with Crippen LogP contribution in [0.2, 0.25) is 0 Å². The summed E-state index contributed by atoms with van der Waals surface area (Å²) in [5, 5.41) is -1.55. The number of amides is 1.